The molecule has 2 N–H and O–H groups in total. The number of imidazole rings is 1. The zero-order valence-electron chi connectivity index (χ0n) is 14.3. The van der Waals surface area contributed by atoms with Crippen LogP contribution in [0.25, 0.3) is 11.0 Å². The molecule has 0 aliphatic carbocycles. The van der Waals surface area contributed by atoms with Crippen LogP contribution < -0.4 is 5.32 Å². The molecule has 3 heterocycles. The molecule has 1 unspecified atom stereocenters. The van der Waals surface area contributed by atoms with Crippen LogP contribution in [0.15, 0.2) is 53.5 Å². The maximum Gasteiger partial charge on any atom is 0.271 e. The lowest BCUT2D eigenvalue weighted by Crippen LogP contribution is -2.34. The molecule has 0 saturated carbocycles. The summed E-state index contributed by atoms with van der Waals surface area (Å²) in [6.07, 6.45) is 2.61. The van der Waals surface area contributed by atoms with Gasteiger partial charge in [0.15, 0.2) is 0 Å². The molecule has 0 spiro atoms. The number of carbonyl (C=O) groups is 1. The first-order chi connectivity index (χ1) is 12.7. The third-order valence-electron chi connectivity index (χ3n) is 4.23. The highest BCUT2D eigenvalue weighted by Crippen LogP contribution is 2.14. The van der Waals surface area contributed by atoms with Gasteiger partial charge in [0.05, 0.1) is 29.6 Å². The van der Waals surface area contributed by atoms with E-state index in [2.05, 4.69) is 31.9 Å². The highest BCUT2D eigenvalue weighted by Gasteiger charge is 2.14. The van der Waals surface area contributed by atoms with Crippen molar-refractivity contribution >= 4 is 28.3 Å². The smallest absolute Gasteiger partial charge is 0.271 e. The van der Waals surface area contributed by atoms with Gasteiger partial charge in [-0.05, 0) is 53.9 Å². The number of aromatic nitrogens is 4. The normalized spacial score (nSPS) is 12.3. The van der Waals surface area contributed by atoms with Gasteiger partial charge in [-0.3, -0.25) is 9.89 Å². The summed E-state index contributed by atoms with van der Waals surface area (Å²) < 4.78 is 2.03. The van der Waals surface area contributed by atoms with Crippen molar-refractivity contribution in [2.45, 2.75) is 25.9 Å². The lowest BCUT2D eigenvalue weighted by molar-refractivity contribution is 0.0935. The number of H-pyrrole nitrogens is 1. The molecule has 0 radical (unpaired) electrons. The Labute approximate surface area is 154 Å². The van der Waals surface area contributed by atoms with Gasteiger partial charge in [-0.15, -0.1) is 0 Å². The number of aromatic amines is 1. The van der Waals surface area contributed by atoms with Crippen LogP contribution in [0.2, 0.25) is 0 Å². The SMILES string of the molecule is CC(Cc1ccsc1)NC(=O)c1cc(Cn2cnc3ccccc32)[nH]n1. The number of nitrogens with one attached hydrogen (secondary N) is 2. The van der Waals surface area contributed by atoms with E-state index in [0.29, 0.717) is 12.2 Å². The molecule has 4 aromatic rings. The van der Waals surface area contributed by atoms with Gasteiger partial charge < -0.3 is 9.88 Å². The topological polar surface area (TPSA) is 75.6 Å². The standard InChI is InChI=1S/C19H19N5OS/c1-13(8-14-6-7-26-11-14)21-19(25)17-9-15(22-23-17)10-24-12-20-16-4-2-3-5-18(16)24/h2-7,9,11-13H,8,10H2,1H3,(H,21,25)(H,22,23). The van der Waals surface area contributed by atoms with Crippen LogP contribution in [-0.2, 0) is 13.0 Å². The molecule has 4 rings (SSSR count). The van der Waals surface area contributed by atoms with E-state index in [-0.39, 0.29) is 11.9 Å². The third-order valence-corrected chi connectivity index (χ3v) is 4.96. The fourth-order valence-corrected chi connectivity index (χ4v) is 3.67. The molecule has 3 aromatic heterocycles. The Morgan fingerprint density at radius 3 is 3.08 bits per heavy atom. The van der Waals surface area contributed by atoms with Crippen molar-refractivity contribution in [3.05, 3.63) is 70.4 Å². The van der Waals surface area contributed by atoms with E-state index >= 15 is 0 Å². The minimum absolute atomic E-state index is 0.0508. The Hall–Kier alpha value is -2.93. The molecule has 132 valence electrons. The van der Waals surface area contributed by atoms with Crippen LogP contribution >= 0.6 is 11.3 Å². The zero-order chi connectivity index (χ0) is 17.9. The van der Waals surface area contributed by atoms with Gasteiger partial charge in [0.1, 0.15) is 5.69 Å². The average Bonchev–Trinajstić information content (AvgIpc) is 3.37. The number of amides is 1. The molecule has 1 amide bonds. The van der Waals surface area contributed by atoms with Gasteiger partial charge in [-0.25, -0.2) is 4.98 Å². The summed E-state index contributed by atoms with van der Waals surface area (Å²) in [5.41, 5.74) is 4.51. The summed E-state index contributed by atoms with van der Waals surface area (Å²) in [5.74, 6) is -0.161. The molecule has 0 aliphatic heterocycles. The van der Waals surface area contributed by atoms with Crippen molar-refractivity contribution in [3.8, 4) is 0 Å². The summed E-state index contributed by atoms with van der Waals surface area (Å²) in [7, 11) is 0. The van der Waals surface area contributed by atoms with Crippen molar-refractivity contribution in [1.29, 1.82) is 0 Å². The van der Waals surface area contributed by atoms with Gasteiger partial charge in [0, 0.05) is 6.04 Å². The number of hydrogen-bond acceptors (Lipinski definition) is 4. The quantitative estimate of drug-likeness (QED) is 0.551. The van der Waals surface area contributed by atoms with E-state index in [1.807, 2.05) is 41.1 Å². The van der Waals surface area contributed by atoms with Crippen LogP contribution in [0.4, 0.5) is 0 Å². The Bertz CT molecular complexity index is 1020. The van der Waals surface area contributed by atoms with Crippen LogP contribution in [-0.4, -0.2) is 31.7 Å². The van der Waals surface area contributed by atoms with Gasteiger partial charge in [-0.2, -0.15) is 16.4 Å². The fourth-order valence-electron chi connectivity index (χ4n) is 2.99. The van der Waals surface area contributed by atoms with Crippen LogP contribution in [0.1, 0.15) is 28.7 Å². The monoisotopic (exact) mass is 365 g/mol. The second-order valence-corrected chi connectivity index (χ2v) is 7.13. The number of para-hydroxylation sites is 2. The minimum Gasteiger partial charge on any atom is -0.348 e. The average molecular weight is 365 g/mol. The summed E-state index contributed by atoms with van der Waals surface area (Å²) in [6.45, 7) is 2.59. The fraction of sp³-hybridized carbons (Fsp3) is 0.211. The maximum atomic E-state index is 12.4. The predicted octanol–water partition coefficient (Wildman–Crippen LogP) is 3.23. The first-order valence-electron chi connectivity index (χ1n) is 8.45. The van der Waals surface area contributed by atoms with Crippen LogP contribution in [0.5, 0.6) is 0 Å². The van der Waals surface area contributed by atoms with Crippen molar-refractivity contribution in [2.24, 2.45) is 0 Å². The molecule has 6 nitrogen and oxygen atoms in total. The highest BCUT2D eigenvalue weighted by molar-refractivity contribution is 7.07. The summed E-state index contributed by atoms with van der Waals surface area (Å²) >= 11 is 1.67. The minimum atomic E-state index is -0.161. The molecule has 0 bridgehead atoms. The number of hydrogen-bond donors (Lipinski definition) is 2. The highest BCUT2D eigenvalue weighted by atomic mass is 32.1. The second kappa shape index (κ2) is 7.13. The van der Waals surface area contributed by atoms with Crippen molar-refractivity contribution < 1.29 is 4.79 Å². The molecule has 1 atom stereocenters. The van der Waals surface area contributed by atoms with Gasteiger partial charge in [-0.1, -0.05) is 12.1 Å². The number of benzene rings is 1. The van der Waals surface area contributed by atoms with E-state index in [0.717, 1.165) is 23.1 Å². The largest absolute Gasteiger partial charge is 0.348 e. The summed E-state index contributed by atoms with van der Waals surface area (Å²) in [5, 5.41) is 14.3. The first-order valence-corrected chi connectivity index (χ1v) is 9.39. The molecule has 26 heavy (non-hydrogen) atoms. The summed E-state index contributed by atoms with van der Waals surface area (Å²) in [6, 6.07) is 11.9. The van der Waals surface area contributed by atoms with E-state index in [4.69, 9.17) is 0 Å². The molecule has 0 aliphatic rings. The zero-order valence-corrected chi connectivity index (χ0v) is 15.2. The second-order valence-electron chi connectivity index (χ2n) is 6.35. The van der Waals surface area contributed by atoms with Gasteiger partial charge >= 0.3 is 0 Å². The van der Waals surface area contributed by atoms with Crippen LogP contribution in [0.3, 0.4) is 0 Å². The molecule has 0 saturated heterocycles. The number of fused-ring (bicyclic) bond motifs is 1. The predicted molar refractivity (Wildman–Crippen MR) is 102 cm³/mol. The molecular formula is C19H19N5OS. The number of carbonyl (C=O) groups excluding carboxylic acids is 1. The van der Waals surface area contributed by atoms with Crippen molar-refractivity contribution in [3.63, 3.8) is 0 Å². The van der Waals surface area contributed by atoms with Gasteiger partial charge in [0.25, 0.3) is 5.91 Å². The van der Waals surface area contributed by atoms with E-state index < -0.39 is 0 Å². The lowest BCUT2D eigenvalue weighted by atomic mass is 10.1. The van der Waals surface area contributed by atoms with E-state index in [9.17, 15) is 4.79 Å². The Balaban J connectivity index is 1.41. The number of thiophene rings is 1. The molecular weight excluding hydrogens is 346 g/mol. The third kappa shape index (κ3) is 3.52. The van der Waals surface area contributed by atoms with E-state index in [1.54, 1.807) is 23.7 Å². The molecule has 0 fully saturated rings. The Morgan fingerprint density at radius 1 is 1.35 bits per heavy atom. The van der Waals surface area contributed by atoms with Gasteiger partial charge in [0.2, 0.25) is 0 Å². The lowest BCUT2D eigenvalue weighted by Gasteiger charge is -2.11. The first kappa shape index (κ1) is 16.5. The Morgan fingerprint density at radius 2 is 2.23 bits per heavy atom. The number of nitrogens with zero attached hydrogens (tertiary/aromatic N) is 3. The maximum absolute atomic E-state index is 12.4. The van der Waals surface area contributed by atoms with Crippen LogP contribution in [0, 0.1) is 0 Å². The Kier molecular flexibility index (Phi) is 4.53. The van der Waals surface area contributed by atoms with Crippen molar-refractivity contribution in [1.82, 2.24) is 25.1 Å². The number of rotatable bonds is 6. The molecule has 1 aromatic carbocycles. The summed E-state index contributed by atoms with van der Waals surface area (Å²) in [4.78, 5) is 16.8. The molecule has 7 heteroatoms. The van der Waals surface area contributed by atoms with E-state index in [1.165, 1.54) is 5.56 Å². The van der Waals surface area contributed by atoms with Crippen molar-refractivity contribution in [2.75, 3.05) is 0 Å².